The van der Waals surface area contributed by atoms with Crippen molar-refractivity contribution in [3.63, 3.8) is 0 Å². The number of benzene rings is 1. The van der Waals surface area contributed by atoms with Crippen LogP contribution in [0.3, 0.4) is 0 Å². The number of hydrogen-bond acceptors (Lipinski definition) is 6. The number of hydrogen-bond donors (Lipinski definition) is 3. The molecule has 0 radical (unpaired) electrons. The van der Waals surface area contributed by atoms with Gasteiger partial charge in [-0.15, -0.1) is 0 Å². The number of nitrogens with zero attached hydrogens (tertiary/aromatic N) is 1. The summed E-state index contributed by atoms with van der Waals surface area (Å²) < 4.78 is 5.80. The highest BCUT2D eigenvalue weighted by Crippen LogP contribution is 2.29. The molecule has 0 aromatic heterocycles. The lowest BCUT2D eigenvalue weighted by molar-refractivity contribution is -0.136. The molecule has 2 fully saturated rings. The van der Waals surface area contributed by atoms with Crippen LogP contribution in [0, 0.1) is 0 Å². The van der Waals surface area contributed by atoms with Crippen LogP contribution in [-0.2, 0) is 27.4 Å². The zero-order chi connectivity index (χ0) is 19.5. The maximum atomic E-state index is 13.0. The maximum Gasteiger partial charge on any atom is 0.255 e. The highest BCUT2D eigenvalue weighted by molar-refractivity contribution is 6.05. The van der Waals surface area contributed by atoms with Crippen LogP contribution in [0.15, 0.2) is 18.2 Å². The molecule has 0 bridgehead atoms. The summed E-state index contributed by atoms with van der Waals surface area (Å²) in [6, 6.07) is 5.24. The van der Waals surface area contributed by atoms with E-state index in [4.69, 9.17) is 4.74 Å². The van der Waals surface area contributed by atoms with Crippen LogP contribution >= 0.6 is 0 Å². The van der Waals surface area contributed by atoms with Gasteiger partial charge in [0.15, 0.2) is 0 Å². The highest BCUT2D eigenvalue weighted by atomic mass is 16.5. The van der Waals surface area contributed by atoms with Crippen molar-refractivity contribution in [3.8, 4) is 0 Å². The topological polar surface area (TPSA) is 99.8 Å². The van der Waals surface area contributed by atoms with Gasteiger partial charge in [-0.1, -0.05) is 18.2 Å². The maximum absolute atomic E-state index is 13.0. The molecule has 3 heterocycles. The predicted octanol–water partition coefficient (Wildman–Crippen LogP) is -0.0843. The van der Waals surface area contributed by atoms with Crippen molar-refractivity contribution >= 4 is 17.7 Å². The molecule has 150 valence electrons. The van der Waals surface area contributed by atoms with Gasteiger partial charge in [-0.25, -0.2) is 0 Å². The molecule has 3 aliphatic heterocycles. The first-order chi connectivity index (χ1) is 13.6. The first kappa shape index (κ1) is 19.0. The van der Waals surface area contributed by atoms with Gasteiger partial charge in [0, 0.05) is 38.2 Å². The molecule has 28 heavy (non-hydrogen) atoms. The van der Waals surface area contributed by atoms with Crippen molar-refractivity contribution in [3.05, 3.63) is 34.9 Å². The molecule has 1 aromatic carbocycles. The Morgan fingerprint density at radius 3 is 2.89 bits per heavy atom. The van der Waals surface area contributed by atoms with E-state index in [1.165, 1.54) is 0 Å². The van der Waals surface area contributed by atoms with E-state index in [1.807, 2.05) is 18.2 Å². The summed E-state index contributed by atoms with van der Waals surface area (Å²) in [5.41, 5.74) is 2.54. The van der Waals surface area contributed by atoms with Gasteiger partial charge in [0.1, 0.15) is 6.04 Å². The Morgan fingerprint density at radius 1 is 1.21 bits per heavy atom. The molecule has 3 aliphatic rings. The first-order valence-electron chi connectivity index (χ1n) is 9.92. The van der Waals surface area contributed by atoms with Crippen LogP contribution in [0.4, 0.5) is 0 Å². The first-order valence-corrected chi connectivity index (χ1v) is 9.92. The molecule has 0 saturated carbocycles. The number of piperidine rings is 1. The van der Waals surface area contributed by atoms with E-state index < -0.39 is 6.04 Å². The molecule has 3 N–H and O–H groups in total. The predicted molar refractivity (Wildman–Crippen MR) is 101 cm³/mol. The summed E-state index contributed by atoms with van der Waals surface area (Å²) in [5, 5.41) is 8.96. The fourth-order valence-electron chi connectivity index (χ4n) is 4.13. The molecule has 2 unspecified atom stereocenters. The summed E-state index contributed by atoms with van der Waals surface area (Å²) in [6.45, 7) is 4.26. The molecule has 2 saturated heterocycles. The molecule has 2 atom stereocenters. The van der Waals surface area contributed by atoms with Gasteiger partial charge in [-0.2, -0.15) is 0 Å². The minimum atomic E-state index is -0.577. The quantitative estimate of drug-likeness (QED) is 0.448. The van der Waals surface area contributed by atoms with E-state index in [9.17, 15) is 14.4 Å². The SMILES string of the molecule is O=C1CCC(N2Cc3cccc(CNCCOC4CCNC4)c3C2=O)C(=O)N1. The van der Waals surface area contributed by atoms with Crippen LogP contribution < -0.4 is 16.0 Å². The van der Waals surface area contributed by atoms with Crippen molar-refractivity contribution in [1.29, 1.82) is 0 Å². The van der Waals surface area contributed by atoms with Gasteiger partial charge in [-0.05, 0) is 30.5 Å². The second-order valence-corrected chi connectivity index (χ2v) is 7.51. The van der Waals surface area contributed by atoms with E-state index in [1.54, 1.807) is 4.90 Å². The summed E-state index contributed by atoms with van der Waals surface area (Å²) in [6.07, 6.45) is 2.00. The van der Waals surface area contributed by atoms with Gasteiger partial charge in [-0.3, -0.25) is 19.7 Å². The summed E-state index contributed by atoms with van der Waals surface area (Å²) in [5.74, 6) is -0.781. The van der Waals surface area contributed by atoms with Crippen LogP contribution in [-0.4, -0.2) is 61.0 Å². The van der Waals surface area contributed by atoms with Crippen molar-refractivity contribution in [2.75, 3.05) is 26.2 Å². The Balaban J connectivity index is 1.35. The molecule has 0 spiro atoms. The monoisotopic (exact) mass is 386 g/mol. The average Bonchev–Trinajstić information content (AvgIpc) is 3.30. The molecule has 8 heteroatoms. The number of nitrogens with one attached hydrogen (secondary N) is 3. The molecule has 8 nitrogen and oxygen atoms in total. The van der Waals surface area contributed by atoms with E-state index >= 15 is 0 Å². The lowest BCUT2D eigenvalue weighted by atomic mass is 10.0. The number of rotatable bonds is 7. The Kier molecular flexibility index (Phi) is 5.70. The van der Waals surface area contributed by atoms with Crippen LogP contribution in [0.1, 0.15) is 40.7 Å². The second kappa shape index (κ2) is 8.38. The number of imide groups is 1. The number of ether oxygens (including phenoxy) is 1. The molecular formula is C20H26N4O4. The number of carbonyl (C=O) groups excluding carboxylic acids is 3. The van der Waals surface area contributed by atoms with Crippen molar-refractivity contribution in [1.82, 2.24) is 20.9 Å². The molecule has 1 aromatic rings. The Morgan fingerprint density at radius 2 is 2.11 bits per heavy atom. The molecule has 3 amide bonds. The largest absolute Gasteiger partial charge is 0.376 e. The average molecular weight is 386 g/mol. The van der Waals surface area contributed by atoms with Crippen LogP contribution in [0.25, 0.3) is 0 Å². The fourth-order valence-corrected chi connectivity index (χ4v) is 4.13. The summed E-state index contributed by atoms with van der Waals surface area (Å²) in [7, 11) is 0. The van der Waals surface area contributed by atoms with Crippen molar-refractivity contribution < 1.29 is 19.1 Å². The Labute approximate surface area is 164 Å². The second-order valence-electron chi connectivity index (χ2n) is 7.51. The normalized spacial score (nSPS) is 24.6. The zero-order valence-electron chi connectivity index (χ0n) is 15.8. The van der Waals surface area contributed by atoms with E-state index in [2.05, 4.69) is 16.0 Å². The molecule has 0 aliphatic carbocycles. The van der Waals surface area contributed by atoms with Gasteiger partial charge in [0.25, 0.3) is 5.91 Å². The standard InChI is InChI=1S/C20H26N4O4/c25-17-5-4-16(19(26)23-17)24-12-14-3-1-2-13(18(14)20(24)27)10-22-8-9-28-15-6-7-21-11-15/h1-3,15-16,21-22H,4-12H2,(H,23,25,26). The Bertz CT molecular complexity index is 775. The summed E-state index contributed by atoms with van der Waals surface area (Å²) >= 11 is 0. The number of carbonyl (C=O) groups is 3. The number of amides is 3. The zero-order valence-corrected chi connectivity index (χ0v) is 15.8. The summed E-state index contributed by atoms with van der Waals surface area (Å²) in [4.78, 5) is 38.2. The van der Waals surface area contributed by atoms with Crippen molar-refractivity contribution in [2.24, 2.45) is 0 Å². The van der Waals surface area contributed by atoms with E-state index in [0.717, 1.165) is 30.6 Å². The van der Waals surface area contributed by atoms with E-state index in [0.29, 0.717) is 44.3 Å². The molecule has 4 rings (SSSR count). The molecular weight excluding hydrogens is 360 g/mol. The van der Waals surface area contributed by atoms with Gasteiger partial charge in [0.05, 0.1) is 12.7 Å². The van der Waals surface area contributed by atoms with Gasteiger partial charge < -0.3 is 20.3 Å². The third-order valence-electron chi connectivity index (χ3n) is 5.60. The van der Waals surface area contributed by atoms with Gasteiger partial charge in [0.2, 0.25) is 11.8 Å². The number of fused-ring (bicyclic) bond motifs is 1. The highest BCUT2D eigenvalue weighted by Gasteiger charge is 2.39. The van der Waals surface area contributed by atoms with Crippen molar-refractivity contribution in [2.45, 2.75) is 44.5 Å². The Hall–Kier alpha value is -2.29. The fraction of sp³-hybridized carbons (Fsp3) is 0.550. The van der Waals surface area contributed by atoms with Gasteiger partial charge >= 0.3 is 0 Å². The minimum absolute atomic E-state index is 0.129. The lowest BCUT2D eigenvalue weighted by Crippen LogP contribution is -2.52. The van der Waals surface area contributed by atoms with E-state index in [-0.39, 0.29) is 24.1 Å². The third-order valence-corrected chi connectivity index (χ3v) is 5.60. The smallest absolute Gasteiger partial charge is 0.255 e. The minimum Gasteiger partial charge on any atom is -0.376 e. The van der Waals surface area contributed by atoms with Crippen LogP contribution in [0.5, 0.6) is 0 Å². The lowest BCUT2D eigenvalue weighted by Gasteiger charge is -2.29. The third kappa shape index (κ3) is 3.94. The van der Waals surface area contributed by atoms with Crippen LogP contribution in [0.2, 0.25) is 0 Å².